The largest absolute Gasteiger partial charge is 0.389 e. The normalized spacial score (nSPS) is 35.7. The van der Waals surface area contributed by atoms with Gasteiger partial charge in [0.2, 0.25) is 0 Å². The van der Waals surface area contributed by atoms with Gasteiger partial charge in [0, 0.05) is 19.1 Å². The third-order valence-electron chi connectivity index (χ3n) is 1.65. The molecule has 5 N–H and O–H groups in total. The summed E-state index contributed by atoms with van der Waals surface area (Å²) in [5.41, 5.74) is 5.25. The van der Waals surface area contributed by atoms with Crippen molar-refractivity contribution >= 4 is 24.8 Å². The molecular weight excluding hydrogens is 191 g/mol. The van der Waals surface area contributed by atoms with Gasteiger partial charge in [0.25, 0.3) is 0 Å². The second kappa shape index (κ2) is 5.99. The molecule has 0 aromatic carbocycles. The highest BCUT2D eigenvalue weighted by molar-refractivity contribution is 5.85. The van der Waals surface area contributed by atoms with Crippen LogP contribution in [0.5, 0.6) is 0 Å². The summed E-state index contributed by atoms with van der Waals surface area (Å²) in [7, 11) is 0. The highest BCUT2D eigenvalue weighted by Crippen LogP contribution is 2.05. The first-order valence-corrected chi connectivity index (χ1v) is 3.05. The molecule has 0 aromatic heterocycles. The van der Waals surface area contributed by atoms with E-state index < -0.39 is 12.2 Å². The summed E-state index contributed by atoms with van der Waals surface area (Å²) < 4.78 is 0. The zero-order valence-electron chi connectivity index (χ0n) is 5.93. The zero-order valence-corrected chi connectivity index (χ0v) is 7.57. The van der Waals surface area contributed by atoms with E-state index in [4.69, 9.17) is 15.9 Å². The number of aliphatic hydroxyl groups excluding tert-OH is 2. The number of β-amino-alcohol motifs (C(OH)–C–C–N with tert-alkyl or cyclic N) is 1. The van der Waals surface area contributed by atoms with Crippen molar-refractivity contribution in [3.8, 4) is 0 Å². The van der Waals surface area contributed by atoms with Gasteiger partial charge in [-0.2, -0.15) is 0 Å². The van der Waals surface area contributed by atoms with Gasteiger partial charge in [-0.1, -0.05) is 0 Å². The van der Waals surface area contributed by atoms with Gasteiger partial charge in [0.1, 0.15) is 0 Å². The Bertz CT molecular complexity index is 106. The predicted molar refractivity (Wildman–Crippen MR) is 47.4 cm³/mol. The summed E-state index contributed by atoms with van der Waals surface area (Å²) >= 11 is 0. The van der Waals surface area contributed by atoms with E-state index in [-0.39, 0.29) is 30.9 Å². The molecule has 1 aliphatic rings. The quantitative estimate of drug-likeness (QED) is 0.419. The molecule has 6 heteroatoms. The molecule has 1 heterocycles. The fourth-order valence-electron chi connectivity index (χ4n) is 1.00. The second-order valence-corrected chi connectivity index (χ2v) is 2.31. The Morgan fingerprint density at radius 2 is 1.91 bits per heavy atom. The van der Waals surface area contributed by atoms with Gasteiger partial charge in [-0.15, -0.1) is 24.8 Å². The first-order valence-electron chi connectivity index (χ1n) is 3.05. The molecule has 70 valence electrons. The van der Waals surface area contributed by atoms with E-state index >= 15 is 0 Å². The minimum absolute atomic E-state index is 0. The molecule has 0 radical (unpaired) electrons. The van der Waals surface area contributed by atoms with Gasteiger partial charge in [-0.3, -0.25) is 0 Å². The fraction of sp³-hybridized carbons (Fsp3) is 1.00. The third kappa shape index (κ3) is 3.11. The second-order valence-electron chi connectivity index (χ2n) is 2.31. The molecule has 3 atom stereocenters. The number of rotatable bonds is 1. The maximum atomic E-state index is 9.06. The first kappa shape index (κ1) is 14.0. The summed E-state index contributed by atoms with van der Waals surface area (Å²) in [6, 6.07) is -0.125. The molecule has 1 aliphatic heterocycles. The van der Waals surface area contributed by atoms with Crippen LogP contribution in [0.4, 0.5) is 0 Å². The molecule has 4 nitrogen and oxygen atoms in total. The van der Waals surface area contributed by atoms with Crippen LogP contribution in [-0.2, 0) is 0 Å². The zero-order chi connectivity index (χ0) is 6.85. The van der Waals surface area contributed by atoms with Crippen molar-refractivity contribution in [1.29, 1.82) is 0 Å². The minimum atomic E-state index is -0.685. The summed E-state index contributed by atoms with van der Waals surface area (Å²) in [5, 5.41) is 20.9. The Labute approximate surface area is 78.0 Å². The summed E-state index contributed by atoms with van der Waals surface area (Å²) in [5.74, 6) is 0. The lowest BCUT2D eigenvalue weighted by Crippen LogP contribution is -2.39. The lowest BCUT2D eigenvalue weighted by molar-refractivity contribution is 0.0421. The van der Waals surface area contributed by atoms with E-state index in [0.29, 0.717) is 13.1 Å². The molecule has 0 aliphatic carbocycles. The molecule has 1 fully saturated rings. The minimum Gasteiger partial charge on any atom is -0.389 e. The van der Waals surface area contributed by atoms with Crippen LogP contribution in [0.2, 0.25) is 0 Å². The molecule has 0 saturated carbocycles. The number of hydrogen-bond acceptors (Lipinski definition) is 4. The molecule has 0 amide bonds. The van der Waals surface area contributed by atoms with Crippen molar-refractivity contribution in [1.82, 2.24) is 5.32 Å². The highest BCUT2D eigenvalue weighted by Gasteiger charge is 2.31. The van der Waals surface area contributed by atoms with Crippen molar-refractivity contribution < 1.29 is 10.2 Å². The number of aliphatic hydroxyl groups is 2. The van der Waals surface area contributed by atoms with E-state index in [0.717, 1.165) is 0 Å². The number of nitrogens with two attached hydrogens (primary N) is 1. The van der Waals surface area contributed by atoms with Crippen molar-refractivity contribution in [2.45, 2.75) is 18.2 Å². The number of halogens is 2. The first-order chi connectivity index (χ1) is 4.25. The van der Waals surface area contributed by atoms with Crippen LogP contribution in [0, 0.1) is 0 Å². The Hall–Kier alpha value is 0.420. The lowest BCUT2D eigenvalue weighted by Gasteiger charge is -2.12. The van der Waals surface area contributed by atoms with Crippen LogP contribution in [0.25, 0.3) is 0 Å². The maximum Gasteiger partial charge on any atom is 0.0976 e. The van der Waals surface area contributed by atoms with Gasteiger partial charge in [-0.25, -0.2) is 0 Å². The SMILES string of the molecule is Cl.Cl.NC[C@H]1NC[C@H](O)[C@@H]1O. The maximum absolute atomic E-state index is 9.06. The molecule has 0 spiro atoms. The lowest BCUT2D eigenvalue weighted by atomic mass is 10.1. The Morgan fingerprint density at radius 1 is 1.36 bits per heavy atom. The Kier molecular flexibility index (Phi) is 7.61. The standard InChI is InChI=1S/C5H12N2O2.2ClH/c6-1-3-5(9)4(8)2-7-3;;/h3-5,7-9H,1-2,6H2;2*1H/t3-,4+,5-;;/m1../s1. The van der Waals surface area contributed by atoms with Crippen LogP contribution in [0.1, 0.15) is 0 Å². The van der Waals surface area contributed by atoms with Crippen molar-refractivity contribution in [3.05, 3.63) is 0 Å². The summed E-state index contributed by atoms with van der Waals surface area (Å²) in [6.07, 6.45) is -1.33. The third-order valence-corrected chi connectivity index (χ3v) is 1.65. The van der Waals surface area contributed by atoms with Crippen LogP contribution >= 0.6 is 24.8 Å². The molecular formula is C5H14Cl2N2O2. The van der Waals surface area contributed by atoms with Crippen LogP contribution in [-0.4, -0.2) is 41.6 Å². The number of hydrogen-bond donors (Lipinski definition) is 4. The predicted octanol–water partition coefficient (Wildman–Crippen LogP) is -1.52. The van der Waals surface area contributed by atoms with Gasteiger partial charge in [0.05, 0.1) is 12.2 Å². The average Bonchev–Trinajstić information content (AvgIpc) is 2.15. The Balaban J connectivity index is 0. The van der Waals surface area contributed by atoms with E-state index in [2.05, 4.69) is 5.32 Å². The Morgan fingerprint density at radius 3 is 2.09 bits per heavy atom. The van der Waals surface area contributed by atoms with Gasteiger partial charge >= 0.3 is 0 Å². The fourth-order valence-corrected chi connectivity index (χ4v) is 1.00. The van der Waals surface area contributed by atoms with E-state index in [9.17, 15) is 0 Å². The monoisotopic (exact) mass is 204 g/mol. The van der Waals surface area contributed by atoms with Gasteiger partial charge < -0.3 is 21.3 Å². The van der Waals surface area contributed by atoms with Crippen molar-refractivity contribution in [2.24, 2.45) is 5.73 Å². The smallest absolute Gasteiger partial charge is 0.0976 e. The van der Waals surface area contributed by atoms with Crippen LogP contribution in [0.3, 0.4) is 0 Å². The molecule has 0 aromatic rings. The average molecular weight is 205 g/mol. The highest BCUT2D eigenvalue weighted by atomic mass is 35.5. The van der Waals surface area contributed by atoms with Crippen molar-refractivity contribution in [3.63, 3.8) is 0 Å². The molecule has 1 rings (SSSR count). The molecule has 0 bridgehead atoms. The molecule has 1 saturated heterocycles. The van der Waals surface area contributed by atoms with E-state index in [1.807, 2.05) is 0 Å². The van der Waals surface area contributed by atoms with E-state index in [1.54, 1.807) is 0 Å². The number of nitrogens with one attached hydrogen (secondary N) is 1. The topological polar surface area (TPSA) is 78.5 Å². The van der Waals surface area contributed by atoms with Crippen molar-refractivity contribution in [2.75, 3.05) is 13.1 Å². The molecule has 0 unspecified atom stereocenters. The van der Waals surface area contributed by atoms with E-state index in [1.165, 1.54) is 0 Å². The van der Waals surface area contributed by atoms with Gasteiger partial charge in [-0.05, 0) is 0 Å². The van der Waals surface area contributed by atoms with Crippen LogP contribution in [0.15, 0.2) is 0 Å². The van der Waals surface area contributed by atoms with Crippen LogP contribution < -0.4 is 11.1 Å². The van der Waals surface area contributed by atoms with Gasteiger partial charge in [0.15, 0.2) is 0 Å². The summed E-state index contributed by atoms with van der Waals surface area (Å²) in [6.45, 7) is 0.821. The summed E-state index contributed by atoms with van der Waals surface area (Å²) in [4.78, 5) is 0. The molecule has 11 heavy (non-hydrogen) atoms.